The smallest absolute Gasteiger partial charge is 0.339 e. The molecule has 0 aliphatic carbocycles. The number of carbonyl (C=O) groups is 1. The molecule has 0 aliphatic rings. The monoisotopic (exact) mass is 359 g/mol. The average molecular weight is 360 g/mol. The molecule has 1 rings (SSSR count). The Bertz CT molecular complexity index is 466. The molecule has 0 saturated carbocycles. The van der Waals surface area contributed by atoms with Crippen molar-refractivity contribution in [1.82, 2.24) is 0 Å². The molecule has 3 nitrogen and oxygen atoms in total. The third kappa shape index (κ3) is 6.46. The van der Waals surface area contributed by atoms with Gasteiger partial charge in [0.05, 0.1) is 17.9 Å². The molecule has 0 unspecified atom stereocenters. The van der Waals surface area contributed by atoms with Gasteiger partial charge in [-0.2, -0.15) is 0 Å². The van der Waals surface area contributed by atoms with Gasteiger partial charge in [0.25, 0.3) is 0 Å². The number of unbranched alkanes of at least 4 members (excludes halogenated alkanes) is 6. The zero-order chi connectivity index (χ0) is 15.7. The number of anilines is 1. The van der Waals surface area contributed by atoms with E-state index in [-0.39, 0.29) is 11.3 Å². The minimum Gasteiger partial charge on any atom is -0.462 e. The highest BCUT2D eigenvalue weighted by molar-refractivity contribution is 9.10. The molecule has 0 fully saturated rings. The van der Waals surface area contributed by atoms with Gasteiger partial charge in [0.15, 0.2) is 0 Å². The van der Waals surface area contributed by atoms with Gasteiger partial charge in [-0.3, -0.25) is 0 Å². The number of esters is 1. The summed E-state index contributed by atoms with van der Waals surface area (Å²) in [4.78, 5) is 11.9. The van der Waals surface area contributed by atoms with Crippen molar-refractivity contribution in [2.75, 3.05) is 12.3 Å². The van der Waals surface area contributed by atoms with Crippen molar-refractivity contribution in [1.29, 1.82) is 0 Å². The molecule has 5 heteroatoms. The van der Waals surface area contributed by atoms with Crippen molar-refractivity contribution in [2.45, 2.75) is 51.9 Å². The van der Waals surface area contributed by atoms with E-state index in [9.17, 15) is 9.18 Å². The number of nitrogen functional groups attached to an aromatic ring is 1. The van der Waals surface area contributed by atoms with Crippen molar-refractivity contribution in [3.63, 3.8) is 0 Å². The van der Waals surface area contributed by atoms with E-state index in [1.165, 1.54) is 44.2 Å². The lowest BCUT2D eigenvalue weighted by Crippen LogP contribution is -2.08. The van der Waals surface area contributed by atoms with Gasteiger partial charge in [0.2, 0.25) is 0 Å². The summed E-state index contributed by atoms with van der Waals surface area (Å²) < 4.78 is 18.7. The molecule has 2 N–H and O–H groups in total. The molecule has 1 aromatic carbocycles. The van der Waals surface area contributed by atoms with E-state index in [1.54, 1.807) is 0 Å². The second kappa shape index (κ2) is 9.77. The van der Waals surface area contributed by atoms with Crippen LogP contribution < -0.4 is 5.73 Å². The molecule has 0 heterocycles. The molecule has 0 spiro atoms. The minimum atomic E-state index is -0.550. The topological polar surface area (TPSA) is 52.3 Å². The highest BCUT2D eigenvalue weighted by atomic mass is 79.9. The Morgan fingerprint density at radius 2 is 1.81 bits per heavy atom. The largest absolute Gasteiger partial charge is 0.462 e. The third-order valence-electron chi connectivity index (χ3n) is 3.29. The number of carbonyl (C=O) groups excluding carboxylic acids is 1. The maximum Gasteiger partial charge on any atom is 0.339 e. The van der Waals surface area contributed by atoms with Crippen molar-refractivity contribution in [2.24, 2.45) is 0 Å². The van der Waals surface area contributed by atoms with Crippen LogP contribution in [0.3, 0.4) is 0 Å². The number of rotatable bonds is 9. The summed E-state index contributed by atoms with van der Waals surface area (Å²) in [7, 11) is 0. The van der Waals surface area contributed by atoms with E-state index in [1.807, 2.05) is 0 Å². The van der Waals surface area contributed by atoms with Crippen LogP contribution in [0.5, 0.6) is 0 Å². The second-order valence-corrected chi connectivity index (χ2v) is 5.97. The first-order valence-electron chi connectivity index (χ1n) is 7.48. The lowest BCUT2D eigenvalue weighted by Gasteiger charge is -2.08. The molecule has 0 aromatic heterocycles. The molecule has 0 saturated heterocycles. The highest BCUT2D eigenvalue weighted by Crippen LogP contribution is 2.23. The quantitative estimate of drug-likeness (QED) is 0.380. The van der Waals surface area contributed by atoms with Crippen LogP contribution in [0.1, 0.15) is 62.2 Å². The first-order valence-corrected chi connectivity index (χ1v) is 8.27. The van der Waals surface area contributed by atoms with E-state index in [2.05, 4.69) is 22.9 Å². The Hall–Kier alpha value is -1.10. The van der Waals surface area contributed by atoms with Gasteiger partial charge < -0.3 is 10.5 Å². The van der Waals surface area contributed by atoms with Crippen LogP contribution in [0.15, 0.2) is 16.6 Å². The first kappa shape index (κ1) is 18.0. The molecule has 0 radical (unpaired) electrons. The summed E-state index contributed by atoms with van der Waals surface area (Å²) in [5, 5.41) is 0. The molecule has 21 heavy (non-hydrogen) atoms. The Morgan fingerprint density at radius 1 is 1.19 bits per heavy atom. The van der Waals surface area contributed by atoms with Gasteiger partial charge in [0.1, 0.15) is 5.82 Å². The zero-order valence-corrected chi connectivity index (χ0v) is 14.0. The van der Waals surface area contributed by atoms with Crippen LogP contribution in [0.4, 0.5) is 10.1 Å². The number of benzene rings is 1. The van der Waals surface area contributed by atoms with Crippen LogP contribution in [-0.2, 0) is 4.74 Å². The lowest BCUT2D eigenvalue weighted by atomic mass is 10.1. The molecule has 0 bridgehead atoms. The third-order valence-corrected chi connectivity index (χ3v) is 3.94. The summed E-state index contributed by atoms with van der Waals surface area (Å²) in [6, 6.07) is 2.48. The Labute approximate surface area is 134 Å². The Morgan fingerprint density at radius 3 is 2.48 bits per heavy atom. The number of halogens is 2. The maximum atomic E-state index is 13.2. The van der Waals surface area contributed by atoms with Crippen molar-refractivity contribution < 1.29 is 13.9 Å². The van der Waals surface area contributed by atoms with Crippen LogP contribution in [0.2, 0.25) is 0 Å². The molecule has 0 atom stereocenters. The number of hydrogen-bond donors (Lipinski definition) is 1. The Balaban J connectivity index is 2.27. The summed E-state index contributed by atoms with van der Waals surface area (Å²) in [6.07, 6.45) is 8.13. The molecule has 1 aromatic rings. The van der Waals surface area contributed by atoms with Gasteiger partial charge >= 0.3 is 5.97 Å². The first-order chi connectivity index (χ1) is 10.1. The second-order valence-electron chi connectivity index (χ2n) is 5.11. The Kier molecular flexibility index (Phi) is 8.35. The number of ether oxygens (including phenoxy) is 1. The lowest BCUT2D eigenvalue weighted by molar-refractivity contribution is 0.0496. The summed E-state index contributed by atoms with van der Waals surface area (Å²) in [5.74, 6) is -1.02. The maximum absolute atomic E-state index is 13.2. The van der Waals surface area contributed by atoms with E-state index in [4.69, 9.17) is 10.5 Å². The molecule has 118 valence electrons. The van der Waals surface area contributed by atoms with Crippen LogP contribution >= 0.6 is 15.9 Å². The van der Waals surface area contributed by atoms with Gasteiger partial charge in [-0.25, -0.2) is 9.18 Å². The average Bonchev–Trinajstić information content (AvgIpc) is 2.45. The van der Waals surface area contributed by atoms with Gasteiger partial charge in [-0.1, -0.05) is 45.4 Å². The summed E-state index contributed by atoms with van der Waals surface area (Å²) in [6.45, 7) is 2.58. The fraction of sp³-hybridized carbons (Fsp3) is 0.562. The van der Waals surface area contributed by atoms with E-state index >= 15 is 0 Å². The predicted molar refractivity (Wildman–Crippen MR) is 86.8 cm³/mol. The normalized spacial score (nSPS) is 10.6. The van der Waals surface area contributed by atoms with Crippen molar-refractivity contribution in [3.05, 3.63) is 28.0 Å². The van der Waals surface area contributed by atoms with E-state index in [0.29, 0.717) is 11.1 Å². The van der Waals surface area contributed by atoms with Crippen molar-refractivity contribution >= 4 is 27.6 Å². The van der Waals surface area contributed by atoms with Gasteiger partial charge in [0, 0.05) is 4.47 Å². The van der Waals surface area contributed by atoms with Crippen LogP contribution in [0, 0.1) is 5.82 Å². The fourth-order valence-electron chi connectivity index (χ4n) is 2.02. The SMILES string of the molecule is CCCCCCCCCOC(=O)c1cc(N)c(F)cc1Br. The standard InChI is InChI=1S/C16H23BrFNO2/c1-2-3-4-5-6-7-8-9-21-16(20)12-10-15(19)14(18)11-13(12)17/h10-11H,2-9,19H2,1H3. The number of nitrogens with two attached hydrogens (primary N) is 1. The molecular formula is C16H23BrFNO2. The predicted octanol–water partition coefficient (Wildman–Crippen LogP) is 5.08. The van der Waals surface area contributed by atoms with Crippen molar-refractivity contribution in [3.8, 4) is 0 Å². The molecule has 0 amide bonds. The zero-order valence-electron chi connectivity index (χ0n) is 12.5. The van der Waals surface area contributed by atoms with E-state index < -0.39 is 11.8 Å². The van der Waals surface area contributed by atoms with E-state index in [0.717, 1.165) is 12.8 Å². The van der Waals surface area contributed by atoms with Gasteiger partial charge in [-0.05, 0) is 34.5 Å². The van der Waals surface area contributed by atoms with Gasteiger partial charge in [-0.15, -0.1) is 0 Å². The summed E-state index contributed by atoms with van der Waals surface area (Å²) >= 11 is 3.14. The summed E-state index contributed by atoms with van der Waals surface area (Å²) in [5.41, 5.74) is 5.66. The molecule has 0 aliphatic heterocycles. The molecular weight excluding hydrogens is 337 g/mol. The highest BCUT2D eigenvalue weighted by Gasteiger charge is 2.14. The number of hydrogen-bond acceptors (Lipinski definition) is 3. The van der Waals surface area contributed by atoms with Crippen LogP contribution in [-0.4, -0.2) is 12.6 Å². The fourth-order valence-corrected chi connectivity index (χ4v) is 2.50. The minimum absolute atomic E-state index is 0.0546. The van der Waals surface area contributed by atoms with Crippen LogP contribution in [0.25, 0.3) is 0 Å².